The lowest BCUT2D eigenvalue weighted by Gasteiger charge is -2.22. The van der Waals surface area contributed by atoms with Crippen molar-refractivity contribution in [3.63, 3.8) is 0 Å². The first-order chi connectivity index (χ1) is 12.4. The SMILES string of the molecule is CNC(=O)CN(CCc1ccccc1)S(=O)(=O)c1ccc(OC)c(Cl)c1. The number of methoxy groups -OCH3 is 1. The lowest BCUT2D eigenvalue weighted by atomic mass is 10.1. The Kier molecular flexibility index (Phi) is 7.02. The molecule has 6 nitrogen and oxygen atoms in total. The third-order valence-electron chi connectivity index (χ3n) is 3.85. The average Bonchev–Trinajstić information content (AvgIpc) is 2.65. The second-order valence-electron chi connectivity index (χ2n) is 5.54. The Hall–Kier alpha value is -2.09. The van der Waals surface area contributed by atoms with Gasteiger partial charge < -0.3 is 10.1 Å². The van der Waals surface area contributed by atoms with E-state index in [4.69, 9.17) is 16.3 Å². The van der Waals surface area contributed by atoms with Gasteiger partial charge >= 0.3 is 0 Å². The second-order valence-corrected chi connectivity index (χ2v) is 7.89. The largest absolute Gasteiger partial charge is 0.495 e. The highest BCUT2D eigenvalue weighted by atomic mass is 35.5. The molecule has 0 aliphatic heterocycles. The van der Waals surface area contributed by atoms with Gasteiger partial charge in [-0.15, -0.1) is 0 Å². The maximum absolute atomic E-state index is 13.0. The molecule has 0 saturated carbocycles. The molecule has 1 amide bonds. The molecule has 0 atom stereocenters. The van der Waals surface area contributed by atoms with Crippen LogP contribution in [0.3, 0.4) is 0 Å². The molecule has 0 unspecified atom stereocenters. The molecule has 1 N–H and O–H groups in total. The molecule has 8 heteroatoms. The summed E-state index contributed by atoms with van der Waals surface area (Å²) in [5.74, 6) is -0.00556. The van der Waals surface area contributed by atoms with Crippen LogP contribution in [0.25, 0.3) is 0 Å². The average molecular weight is 397 g/mol. The van der Waals surface area contributed by atoms with E-state index < -0.39 is 10.0 Å². The molecule has 0 aromatic heterocycles. The number of rotatable bonds is 8. The number of hydrogen-bond acceptors (Lipinski definition) is 4. The van der Waals surface area contributed by atoms with Crippen molar-refractivity contribution in [1.82, 2.24) is 9.62 Å². The molecule has 0 aliphatic carbocycles. The predicted molar refractivity (Wildman–Crippen MR) is 101 cm³/mol. The molecule has 2 rings (SSSR count). The zero-order valence-electron chi connectivity index (χ0n) is 14.6. The van der Waals surface area contributed by atoms with Crippen LogP contribution in [-0.4, -0.2) is 45.9 Å². The molecule has 140 valence electrons. The standard InChI is InChI=1S/C18H21ClN2O4S/c1-20-18(22)13-21(11-10-14-6-4-3-5-7-14)26(23,24)15-8-9-17(25-2)16(19)12-15/h3-9,12H,10-11,13H2,1-2H3,(H,20,22). The minimum atomic E-state index is -3.89. The van der Waals surface area contributed by atoms with Crippen LogP contribution in [0.15, 0.2) is 53.4 Å². The minimum Gasteiger partial charge on any atom is -0.495 e. The molecule has 0 fully saturated rings. The Morgan fingerprint density at radius 2 is 1.88 bits per heavy atom. The summed E-state index contributed by atoms with van der Waals surface area (Å²) in [5.41, 5.74) is 0.984. The molecule has 26 heavy (non-hydrogen) atoms. The maximum atomic E-state index is 13.0. The van der Waals surface area contributed by atoms with E-state index in [0.29, 0.717) is 12.2 Å². The van der Waals surface area contributed by atoms with E-state index in [-0.39, 0.29) is 28.9 Å². The van der Waals surface area contributed by atoms with Gasteiger partial charge in [-0.3, -0.25) is 4.79 Å². The zero-order valence-corrected chi connectivity index (χ0v) is 16.2. The van der Waals surface area contributed by atoms with Crippen LogP contribution in [0.5, 0.6) is 5.75 Å². The highest BCUT2D eigenvalue weighted by Gasteiger charge is 2.27. The van der Waals surface area contributed by atoms with Crippen LogP contribution in [0, 0.1) is 0 Å². The lowest BCUT2D eigenvalue weighted by molar-refractivity contribution is -0.120. The monoisotopic (exact) mass is 396 g/mol. The number of carbonyl (C=O) groups is 1. The van der Waals surface area contributed by atoms with Crippen molar-refractivity contribution in [2.24, 2.45) is 0 Å². The Labute approximate surface area is 158 Å². The van der Waals surface area contributed by atoms with E-state index in [1.807, 2.05) is 30.3 Å². The maximum Gasteiger partial charge on any atom is 0.243 e. The van der Waals surface area contributed by atoms with Crippen LogP contribution in [0.2, 0.25) is 5.02 Å². The van der Waals surface area contributed by atoms with E-state index in [1.165, 1.54) is 32.4 Å². The highest BCUT2D eigenvalue weighted by molar-refractivity contribution is 7.89. The molecule has 0 spiro atoms. The van der Waals surface area contributed by atoms with Crippen molar-refractivity contribution < 1.29 is 17.9 Å². The third kappa shape index (κ3) is 4.97. The van der Waals surface area contributed by atoms with Crippen molar-refractivity contribution in [3.8, 4) is 5.75 Å². The molecular formula is C18H21ClN2O4S. The smallest absolute Gasteiger partial charge is 0.243 e. The van der Waals surface area contributed by atoms with Crippen molar-refractivity contribution in [2.75, 3.05) is 27.2 Å². The fourth-order valence-corrected chi connectivity index (χ4v) is 4.12. The summed E-state index contributed by atoms with van der Waals surface area (Å²) in [6, 6.07) is 13.7. The van der Waals surface area contributed by atoms with E-state index >= 15 is 0 Å². The van der Waals surface area contributed by atoms with Crippen molar-refractivity contribution in [2.45, 2.75) is 11.3 Å². The van der Waals surface area contributed by atoms with E-state index in [2.05, 4.69) is 5.32 Å². The van der Waals surface area contributed by atoms with Gasteiger partial charge in [0.25, 0.3) is 0 Å². The van der Waals surface area contributed by atoms with Crippen LogP contribution in [-0.2, 0) is 21.2 Å². The highest BCUT2D eigenvalue weighted by Crippen LogP contribution is 2.28. The lowest BCUT2D eigenvalue weighted by Crippen LogP contribution is -2.40. The number of nitrogens with zero attached hydrogens (tertiary/aromatic N) is 1. The van der Waals surface area contributed by atoms with Gasteiger partial charge in [0.2, 0.25) is 15.9 Å². The number of amides is 1. The van der Waals surface area contributed by atoms with Gasteiger partial charge in [-0.25, -0.2) is 8.42 Å². The van der Waals surface area contributed by atoms with Crippen LogP contribution < -0.4 is 10.1 Å². The summed E-state index contributed by atoms with van der Waals surface area (Å²) < 4.78 is 32.2. The number of benzene rings is 2. The predicted octanol–water partition coefficient (Wildman–Crippen LogP) is 2.33. The summed E-state index contributed by atoms with van der Waals surface area (Å²) in [4.78, 5) is 11.8. The van der Waals surface area contributed by atoms with Gasteiger partial charge in [0.1, 0.15) is 5.75 Å². The Morgan fingerprint density at radius 1 is 1.19 bits per heavy atom. The van der Waals surface area contributed by atoms with E-state index in [0.717, 1.165) is 9.87 Å². The minimum absolute atomic E-state index is 0.0141. The number of carbonyl (C=O) groups excluding carboxylic acids is 1. The first-order valence-corrected chi connectivity index (χ1v) is 9.78. The number of halogens is 1. The molecule has 0 heterocycles. The van der Waals surface area contributed by atoms with Crippen LogP contribution in [0.4, 0.5) is 0 Å². The van der Waals surface area contributed by atoms with Gasteiger partial charge in [0.15, 0.2) is 0 Å². The number of hydrogen-bond donors (Lipinski definition) is 1. The normalized spacial score (nSPS) is 11.4. The Balaban J connectivity index is 2.29. The van der Waals surface area contributed by atoms with E-state index in [9.17, 15) is 13.2 Å². The first-order valence-electron chi connectivity index (χ1n) is 7.96. The van der Waals surface area contributed by atoms with Crippen molar-refractivity contribution in [1.29, 1.82) is 0 Å². The summed E-state index contributed by atoms with van der Waals surface area (Å²) in [6.45, 7) is -0.0985. The first kappa shape index (κ1) is 20.2. The van der Waals surface area contributed by atoms with E-state index in [1.54, 1.807) is 0 Å². The van der Waals surface area contributed by atoms with Gasteiger partial charge in [-0.05, 0) is 30.2 Å². The van der Waals surface area contributed by atoms with Crippen LogP contribution >= 0.6 is 11.6 Å². The number of sulfonamides is 1. The van der Waals surface area contributed by atoms with Gasteiger partial charge in [-0.1, -0.05) is 41.9 Å². The quantitative estimate of drug-likeness (QED) is 0.743. The third-order valence-corrected chi connectivity index (χ3v) is 5.99. The van der Waals surface area contributed by atoms with Gasteiger partial charge in [-0.2, -0.15) is 4.31 Å². The van der Waals surface area contributed by atoms with Crippen LogP contribution in [0.1, 0.15) is 5.56 Å². The fraction of sp³-hybridized carbons (Fsp3) is 0.278. The molecule has 0 aliphatic rings. The summed E-state index contributed by atoms with van der Waals surface area (Å²) in [7, 11) is -0.973. The molecule has 2 aromatic carbocycles. The topological polar surface area (TPSA) is 75.7 Å². The molecule has 2 aromatic rings. The molecular weight excluding hydrogens is 376 g/mol. The second kappa shape index (κ2) is 9.02. The van der Waals surface area contributed by atoms with Gasteiger partial charge in [0, 0.05) is 13.6 Å². The Morgan fingerprint density at radius 3 is 2.46 bits per heavy atom. The molecule has 0 bridgehead atoms. The van der Waals surface area contributed by atoms with Gasteiger partial charge in [0.05, 0.1) is 23.6 Å². The number of ether oxygens (including phenoxy) is 1. The fourth-order valence-electron chi connectivity index (χ4n) is 2.38. The van der Waals surface area contributed by atoms with Crippen molar-refractivity contribution in [3.05, 3.63) is 59.1 Å². The van der Waals surface area contributed by atoms with Crippen molar-refractivity contribution >= 4 is 27.5 Å². The Bertz CT molecular complexity index is 857. The summed E-state index contributed by atoms with van der Waals surface area (Å²) in [6.07, 6.45) is 0.487. The summed E-state index contributed by atoms with van der Waals surface area (Å²) >= 11 is 6.06. The molecule has 0 saturated heterocycles. The molecule has 0 radical (unpaired) electrons. The number of likely N-dealkylation sites (N-methyl/N-ethyl adjacent to an activating group) is 1. The summed E-state index contributed by atoms with van der Waals surface area (Å²) in [5, 5.41) is 2.65. The zero-order chi connectivity index (χ0) is 19.2. The number of nitrogens with one attached hydrogen (secondary N) is 1.